The molecule has 6 heteroatoms. The molecule has 0 aliphatic carbocycles. The zero-order chi connectivity index (χ0) is 16.9. The van der Waals surface area contributed by atoms with Gasteiger partial charge in [-0.25, -0.2) is 12.7 Å². The number of rotatable bonds is 7. The third-order valence-electron chi connectivity index (χ3n) is 4.59. The maximum atomic E-state index is 11.7. The van der Waals surface area contributed by atoms with Crippen LogP contribution in [-0.2, 0) is 27.9 Å². The van der Waals surface area contributed by atoms with Crippen molar-refractivity contribution in [1.29, 1.82) is 0 Å². The Hall–Kier alpha value is -0.950. The quantitative estimate of drug-likeness (QED) is 0.825. The molecular formula is C17H28N2O3S. The van der Waals surface area contributed by atoms with Gasteiger partial charge in [0.15, 0.2) is 0 Å². The second-order valence-electron chi connectivity index (χ2n) is 6.31. The largest absolute Gasteiger partial charge is 0.380 e. The highest BCUT2D eigenvalue weighted by Gasteiger charge is 2.31. The van der Waals surface area contributed by atoms with Gasteiger partial charge in [0.05, 0.1) is 12.9 Å². The van der Waals surface area contributed by atoms with Crippen LogP contribution in [0.1, 0.15) is 30.9 Å². The Labute approximate surface area is 140 Å². The number of piperidine rings is 1. The lowest BCUT2D eigenvalue weighted by Gasteiger charge is -2.37. The summed E-state index contributed by atoms with van der Waals surface area (Å²) < 4.78 is 30.2. The van der Waals surface area contributed by atoms with Gasteiger partial charge in [-0.3, -0.25) is 0 Å². The zero-order valence-electron chi connectivity index (χ0n) is 14.3. The van der Waals surface area contributed by atoms with E-state index in [9.17, 15) is 8.42 Å². The van der Waals surface area contributed by atoms with E-state index in [2.05, 4.69) is 36.5 Å². The summed E-state index contributed by atoms with van der Waals surface area (Å²) in [6.07, 6.45) is 3.15. The second-order valence-corrected chi connectivity index (χ2v) is 8.30. The van der Waals surface area contributed by atoms with Gasteiger partial charge in [0.25, 0.3) is 0 Å². The van der Waals surface area contributed by atoms with E-state index in [0.717, 1.165) is 19.4 Å². The van der Waals surface area contributed by atoms with Crippen LogP contribution in [0.5, 0.6) is 0 Å². The molecule has 0 spiro atoms. The summed E-state index contributed by atoms with van der Waals surface area (Å²) in [7, 11) is -1.38. The molecule has 2 rings (SSSR count). The predicted octanol–water partition coefficient (Wildman–Crippen LogP) is 1.98. The van der Waals surface area contributed by atoms with Crippen molar-refractivity contribution in [2.75, 3.05) is 26.5 Å². The van der Waals surface area contributed by atoms with Gasteiger partial charge in [-0.15, -0.1) is 0 Å². The number of nitrogens with zero attached hydrogens (tertiary/aromatic N) is 1. The molecule has 130 valence electrons. The van der Waals surface area contributed by atoms with Crippen LogP contribution in [0.3, 0.4) is 0 Å². The molecule has 0 radical (unpaired) electrons. The topological polar surface area (TPSA) is 58.6 Å². The van der Waals surface area contributed by atoms with Crippen molar-refractivity contribution < 1.29 is 13.2 Å². The molecule has 0 aromatic heterocycles. The molecule has 1 aromatic rings. The summed E-state index contributed by atoms with van der Waals surface area (Å²) in [5.41, 5.74) is 2.41. The Balaban J connectivity index is 1.90. The molecule has 0 unspecified atom stereocenters. The number of nitrogens with one attached hydrogen (secondary N) is 1. The molecule has 0 bridgehead atoms. The van der Waals surface area contributed by atoms with E-state index in [4.69, 9.17) is 4.74 Å². The molecule has 5 nitrogen and oxygen atoms in total. The van der Waals surface area contributed by atoms with Crippen molar-refractivity contribution >= 4 is 10.0 Å². The lowest BCUT2D eigenvalue weighted by atomic mass is 9.91. The molecule has 23 heavy (non-hydrogen) atoms. The van der Waals surface area contributed by atoms with Crippen molar-refractivity contribution in [2.45, 2.75) is 39.0 Å². The van der Waals surface area contributed by atoms with E-state index in [1.165, 1.54) is 17.4 Å². The van der Waals surface area contributed by atoms with Crippen LogP contribution >= 0.6 is 0 Å². The maximum Gasteiger partial charge on any atom is 0.211 e. The van der Waals surface area contributed by atoms with Crippen LogP contribution in [0.25, 0.3) is 0 Å². The fourth-order valence-corrected chi connectivity index (χ4v) is 4.05. The van der Waals surface area contributed by atoms with Gasteiger partial charge in [0.2, 0.25) is 10.0 Å². The van der Waals surface area contributed by atoms with Crippen molar-refractivity contribution in [3.63, 3.8) is 0 Å². The molecule has 0 amide bonds. The minimum Gasteiger partial charge on any atom is -0.380 e. The first-order valence-corrected chi connectivity index (χ1v) is 10.0. The highest BCUT2D eigenvalue weighted by Crippen LogP contribution is 2.22. The van der Waals surface area contributed by atoms with Gasteiger partial charge >= 0.3 is 0 Å². The monoisotopic (exact) mass is 340 g/mol. The molecule has 1 fully saturated rings. The normalized spacial score (nSPS) is 23.1. The zero-order valence-corrected chi connectivity index (χ0v) is 15.1. The molecule has 1 saturated heterocycles. The van der Waals surface area contributed by atoms with E-state index in [-0.39, 0.29) is 0 Å². The smallest absolute Gasteiger partial charge is 0.211 e. The highest BCUT2D eigenvalue weighted by atomic mass is 32.2. The van der Waals surface area contributed by atoms with Gasteiger partial charge in [-0.2, -0.15) is 0 Å². The number of hydrogen-bond donors (Lipinski definition) is 1. The van der Waals surface area contributed by atoms with Crippen molar-refractivity contribution in [2.24, 2.45) is 5.92 Å². The first-order chi connectivity index (χ1) is 10.9. The summed E-state index contributed by atoms with van der Waals surface area (Å²) in [6, 6.07) is 8.78. The van der Waals surface area contributed by atoms with E-state index < -0.39 is 10.0 Å². The molecule has 2 atom stereocenters. The number of ether oxygens (including phenoxy) is 1. The van der Waals surface area contributed by atoms with Crippen molar-refractivity contribution in [3.8, 4) is 0 Å². The Kier molecular flexibility index (Phi) is 6.59. The predicted molar refractivity (Wildman–Crippen MR) is 92.6 cm³/mol. The van der Waals surface area contributed by atoms with Crippen LogP contribution < -0.4 is 5.32 Å². The Morgan fingerprint density at radius 3 is 2.48 bits per heavy atom. The minimum atomic E-state index is -3.08. The fourth-order valence-electron chi connectivity index (χ4n) is 3.15. The minimum absolute atomic E-state index is 0.367. The second kappa shape index (κ2) is 8.24. The Morgan fingerprint density at radius 1 is 1.26 bits per heavy atom. The van der Waals surface area contributed by atoms with Crippen LogP contribution in [0.4, 0.5) is 0 Å². The molecule has 0 saturated carbocycles. The molecule has 1 N–H and O–H groups in total. The number of methoxy groups -OCH3 is 1. The molecule has 1 heterocycles. The van der Waals surface area contributed by atoms with Crippen molar-refractivity contribution in [1.82, 2.24) is 9.62 Å². The van der Waals surface area contributed by atoms with Crippen LogP contribution in [0.2, 0.25) is 0 Å². The number of sulfonamides is 1. The molecule has 1 aliphatic rings. The third-order valence-corrected chi connectivity index (χ3v) is 5.86. The van der Waals surface area contributed by atoms with Gasteiger partial charge in [0, 0.05) is 32.8 Å². The third kappa shape index (κ3) is 5.28. The molecule has 1 aliphatic heterocycles. The number of benzene rings is 1. The standard InChI is InChI=1S/C17H28N2O3S/c1-4-16-12-19(23(3,20)21)10-9-17(16)18-11-14-5-7-15(8-6-14)13-22-2/h5-8,16-18H,4,9-13H2,1-3H3/t16-,17+/m1/s1. The fraction of sp³-hybridized carbons (Fsp3) is 0.647. The first kappa shape index (κ1) is 18.4. The Morgan fingerprint density at radius 2 is 1.91 bits per heavy atom. The molecular weight excluding hydrogens is 312 g/mol. The van der Waals surface area contributed by atoms with E-state index >= 15 is 0 Å². The van der Waals surface area contributed by atoms with Crippen LogP contribution in [0, 0.1) is 5.92 Å². The maximum absolute atomic E-state index is 11.7. The summed E-state index contributed by atoms with van der Waals surface area (Å²) >= 11 is 0. The number of hydrogen-bond acceptors (Lipinski definition) is 4. The summed E-state index contributed by atoms with van der Waals surface area (Å²) in [5, 5.41) is 3.61. The van der Waals surface area contributed by atoms with Crippen LogP contribution in [-0.4, -0.2) is 45.2 Å². The van der Waals surface area contributed by atoms with Crippen molar-refractivity contribution in [3.05, 3.63) is 35.4 Å². The van der Waals surface area contributed by atoms with E-state index in [1.54, 1.807) is 11.4 Å². The average molecular weight is 340 g/mol. The van der Waals surface area contributed by atoms with Gasteiger partial charge in [-0.05, 0) is 23.5 Å². The SMILES string of the molecule is CC[C@@H]1CN(S(C)(=O)=O)CC[C@@H]1NCc1ccc(COC)cc1. The van der Waals surface area contributed by atoms with E-state index in [0.29, 0.717) is 31.7 Å². The van der Waals surface area contributed by atoms with E-state index in [1.807, 2.05) is 0 Å². The van der Waals surface area contributed by atoms with Gasteiger partial charge < -0.3 is 10.1 Å². The first-order valence-electron chi connectivity index (χ1n) is 8.19. The van der Waals surface area contributed by atoms with Gasteiger partial charge in [0.1, 0.15) is 0 Å². The molecule has 1 aromatic carbocycles. The summed E-state index contributed by atoms with van der Waals surface area (Å²) in [5.74, 6) is 0.367. The summed E-state index contributed by atoms with van der Waals surface area (Å²) in [6.45, 7) is 4.81. The van der Waals surface area contributed by atoms with Gasteiger partial charge in [-0.1, -0.05) is 37.6 Å². The Bertz CT molecular complexity index is 586. The lowest BCUT2D eigenvalue weighted by Crippen LogP contribution is -2.50. The van der Waals surface area contributed by atoms with Crippen LogP contribution in [0.15, 0.2) is 24.3 Å². The summed E-state index contributed by atoms with van der Waals surface area (Å²) in [4.78, 5) is 0. The average Bonchev–Trinajstić information content (AvgIpc) is 2.53. The highest BCUT2D eigenvalue weighted by molar-refractivity contribution is 7.88. The lowest BCUT2D eigenvalue weighted by molar-refractivity contribution is 0.185.